The van der Waals surface area contributed by atoms with Gasteiger partial charge in [0.25, 0.3) is 0 Å². The van der Waals surface area contributed by atoms with Gasteiger partial charge in [0.1, 0.15) is 11.8 Å². The van der Waals surface area contributed by atoms with Crippen molar-refractivity contribution in [1.29, 1.82) is 5.26 Å². The number of nitrogens with zero attached hydrogens (tertiary/aromatic N) is 6. The van der Waals surface area contributed by atoms with Crippen LogP contribution in [0.15, 0.2) is 37.2 Å². The number of aromatic nitrogens is 3. The first kappa shape index (κ1) is 22.6. The fourth-order valence-corrected chi connectivity index (χ4v) is 5.61. The molecular formula is C25H20ClF2N7O. The van der Waals surface area contributed by atoms with Crippen molar-refractivity contribution in [3.05, 3.63) is 59.4 Å². The summed E-state index contributed by atoms with van der Waals surface area (Å²) < 4.78 is 30.3. The van der Waals surface area contributed by atoms with Crippen molar-refractivity contribution in [3.63, 3.8) is 0 Å². The molecule has 6 rings (SSSR count). The van der Waals surface area contributed by atoms with Gasteiger partial charge in [-0.1, -0.05) is 24.2 Å². The largest absolute Gasteiger partial charge is 0.347 e. The maximum absolute atomic E-state index is 15.2. The molecule has 1 saturated carbocycles. The van der Waals surface area contributed by atoms with E-state index >= 15 is 8.78 Å². The van der Waals surface area contributed by atoms with E-state index in [2.05, 4.69) is 32.9 Å². The van der Waals surface area contributed by atoms with E-state index in [1.807, 2.05) is 4.90 Å². The molecule has 4 heterocycles. The molecule has 0 radical (unpaired) electrons. The molecule has 1 amide bonds. The second-order valence-corrected chi connectivity index (χ2v) is 9.76. The zero-order chi connectivity index (χ0) is 25.2. The van der Waals surface area contributed by atoms with Gasteiger partial charge in [-0.05, 0) is 37.0 Å². The average molecular weight is 508 g/mol. The van der Waals surface area contributed by atoms with Crippen molar-refractivity contribution in [2.45, 2.75) is 36.8 Å². The minimum atomic E-state index is -0.729. The molecule has 2 atom stereocenters. The molecule has 3 aromatic rings. The number of nitriles is 1. The van der Waals surface area contributed by atoms with E-state index in [4.69, 9.17) is 11.6 Å². The number of hydrogen-bond acceptors (Lipinski definition) is 7. The van der Waals surface area contributed by atoms with Crippen molar-refractivity contribution in [2.24, 2.45) is 0 Å². The highest BCUT2D eigenvalue weighted by Crippen LogP contribution is 2.51. The number of benzene rings is 1. The van der Waals surface area contributed by atoms with E-state index in [1.54, 1.807) is 11.0 Å². The topological polar surface area (TPSA) is 98.0 Å². The lowest BCUT2D eigenvalue weighted by Crippen LogP contribution is -2.48. The van der Waals surface area contributed by atoms with Gasteiger partial charge in [-0.15, -0.1) is 0 Å². The lowest BCUT2D eigenvalue weighted by atomic mass is 9.97. The SMILES string of the molecule is C=CC(=O)N1C[C@@H]2C[C@H]1CN2c1nc2c(Nc3ccc(C4(C#N)CC4)c(Cl)c3F)ncnc2cc1F. The number of fused-ring (bicyclic) bond motifs is 3. The van der Waals surface area contributed by atoms with Crippen LogP contribution in [0.1, 0.15) is 24.8 Å². The third-order valence-corrected chi connectivity index (χ3v) is 7.70. The van der Waals surface area contributed by atoms with Gasteiger partial charge in [-0.25, -0.2) is 23.7 Å². The molecule has 1 aromatic carbocycles. The van der Waals surface area contributed by atoms with Gasteiger partial charge >= 0.3 is 0 Å². The van der Waals surface area contributed by atoms with Crippen LogP contribution < -0.4 is 10.2 Å². The van der Waals surface area contributed by atoms with E-state index in [-0.39, 0.29) is 51.4 Å². The Balaban J connectivity index is 1.34. The molecule has 3 aliphatic rings. The third-order valence-electron chi connectivity index (χ3n) is 7.33. The molecule has 2 bridgehead atoms. The highest BCUT2D eigenvalue weighted by molar-refractivity contribution is 6.32. The van der Waals surface area contributed by atoms with Gasteiger partial charge in [0.15, 0.2) is 23.3 Å². The lowest BCUT2D eigenvalue weighted by molar-refractivity contribution is -0.127. The number of halogens is 3. The smallest absolute Gasteiger partial charge is 0.246 e. The number of rotatable bonds is 5. The molecule has 8 nitrogen and oxygen atoms in total. The Bertz CT molecular complexity index is 1490. The zero-order valence-electron chi connectivity index (χ0n) is 19.0. The predicted octanol–water partition coefficient (Wildman–Crippen LogP) is 4.23. The number of hydrogen-bond donors (Lipinski definition) is 1. The number of pyridine rings is 1. The minimum Gasteiger partial charge on any atom is -0.347 e. The molecule has 0 spiro atoms. The quantitative estimate of drug-likeness (QED) is 0.516. The van der Waals surface area contributed by atoms with Gasteiger partial charge < -0.3 is 15.1 Å². The van der Waals surface area contributed by atoms with E-state index in [9.17, 15) is 10.1 Å². The molecule has 2 aliphatic heterocycles. The number of nitrogens with one attached hydrogen (secondary N) is 1. The Morgan fingerprint density at radius 1 is 1.28 bits per heavy atom. The first-order valence-corrected chi connectivity index (χ1v) is 11.9. The Hall–Kier alpha value is -3.84. The van der Waals surface area contributed by atoms with Gasteiger partial charge in [0.05, 0.1) is 39.8 Å². The molecule has 1 aliphatic carbocycles. The van der Waals surface area contributed by atoms with Crippen LogP contribution in [0.5, 0.6) is 0 Å². The Labute approximate surface area is 210 Å². The summed E-state index contributed by atoms with van der Waals surface area (Å²) in [7, 11) is 0. The average Bonchev–Trinajstić information content (AvgIpc) is 3.41. The number of amides is 1. The zero-order valence-corrected chi connectivity index (χ0v) is 19.8. The molecule has 3 fully saturated rings. The summed E-state index contributed by atoms with van der Waals surface area (Å²) in [5, 5.41) is 12.3. The van der Waals surface area contributed by atoms with Crippen LogP contribution in [0.2, 0.25) is 5.02 Å². The maximum atomic E-state index is 15.2. The fraction of sp³-hybridized carbons (Fsp3) is 0.320. The van der Waals surface area contributed by atoms with Crippen LogP contribution in [0.3, 0.4) is 0 Å². The van der Waals surface area contributed by atoms with Gasteiger partial charge in [-0.2, -0.15) is 5.26 Å². The summed E-state index contributed by atoms with van der Waals surface area (Å²) in [5.74, 6) is -1.04. The number of anilines is 3. The second-order valence-electron chi connectivity index (χ2n) is 9.38. The van der Waals surface area contributed by atoms with Crippen LogP contribution in [-0.4, -0.2) is 50.9 Å². The number of carbonyl (C=O) groups is 1. The van der Waals surface area contributed by atoms with Crippen LogP contribution in [0.25, 0.3) is 11.0 Å². The second kappa shape index (κ2) is 8.10. The van der Waals surface area contributed by atoms with Crippen LogP contribution in [-0.2, 0) is 10.2 Å². The summed E-state index contributed by atoms with van der Waals surface area (Å²) >= 11 is 6.29. The third kappa shape index (κ3) is 3.38. The normalized spacial score (nSPS) is 21.5. The van der Waals surface area contributed by atoms with Crippen molar-refractivity contribution in [2.75, 3.05) is 23.3 Å². The van der Waals surface area contributed by atoms with Gasteiger partial charge in [0, 0.05) is 19.2 Å². The van der Waals surface area contributed by atoms with Crippen molar-refractivity contribution in [3.8, 4) is 6.07 Å². The molecule has 0 unspecified atom stereocenters. The molecule has 36 heavy (non-hydrogen) atoms. The van der Waals surface area contributed by atoms with E-state index in [1.165, 1.54) is 24.5 Å². The number of piperazine rings is 1. The molecular weight excluding hydrogens is 488 g/mol. The minimum absolute atomic E-state index is 0.0417. The number of carbonyl (C=O) groups excluding carboxylic acids is 1. The summed E-state index contributed by atoms with van der Waals surface area (Å²) in [6.45, 7) is 4.46. The maximum Gasteiger partial charge on any atom is 0.246 e. The molecule has 11 heteroatoms. The van der Waals surface area contributed by atoms with Crippen LogP contribution >= 0.6 is 11.6 Å². The summed E-state index contributed by atoms with van der Waals surface area (Å²) in [6.07, 6.45) is 4.53. The van der Waals surface area contributed by atoms with Crippen molar-refractivity contribution >= 4 is 45.9 Å². The molecule has 2 aromatic heterocycles. The Morgan fingerprint density at radius 2 is 2.08 bits per heavy atom. The first-order chi connectivity index (χ1) is 17.3. The van der Waals surface area contributed by atoms with Crippen molar-refractivity contribution < 1.29 is 13.6 Å². The van der Waals surface area contributed by atoms with Gasteiger partial charge in [0.2, 0.25) is 5.91 Å². The van der Waals surface area contributed by atoms with E-state index in [0.29, 0.717) is 31.5 Å². The Kier molecular flexibility index (Phi) is 5.09. The molecule has 1 N–H and O–H groups in total. The monoisotopic (exact) mass is 507 g/mol. The highest BCUT2D eigenvalue weighted by atomic mass is 35.5. The van der Waals surface area contributed by atoms with Gasteiger partial charge in [-0.3, -0.25) is 4.79 Å². The lowest BCUT2D eigenvalue weighted by Gasteiger charge is -2.34. The fourth-order valence-electron chi connectivity index (χ4n) is 5.27. The Morgan fingerprint density at radius 3 is 2.75 bits per heavy atom. The van der Waals surface area contributed by atoms with Crippen LogP contribution in [0, 0.1) is 23.0 Å². The number of likely N-dealkylation sites (tertiary alicyclic amines) is 1. The van der Waals surface area contributed by atoms with Crippen molar-refractivity contribution in [1.82, 2.24) is 19.9 Å². The molecule has 182 valence electrons. The van der Waals surface area contributed by atoms with Crippen LogP contribution in [0.4, 0.5) is 26.1 Å². The summed E-state index contributed by atoms with van der Waals surface area (Å²) in [5.41, 5.74) is 0.325. The summed E-state index contributed by atoms with van der Waals surface area (Å²) in [4.78, 5) is 28.5. The highest BCUT2D eigenvalue weighted by Gasteiger charge is 2.47. The van der Waals surface area contributed by atoms with E-state index < -0.39 is 17.0 Å². The predicted molar refractivity (Wildman–Crippen MR) is 130 cm³/mol. The van der Waals surface area contributed by atoms with E-state index in [0.717, 1.165) is 6.42 Å². The first-order valence-electron chi connectivity index (χ1n) is 11.5. The summed E-state index contributed by atoms with van der Waals surface area (Å²) in [6, 6.07) is 6.54. The molecule has 2 saturated heterocycles. The standard InChI is InChI=1S/C25H20ClF2N7O/c1-2-19(36)34-9-14-7-13(34)10-35(14)24-16(27)8-18-22(33-24)23(31-12-30-18)32-17-4-3-15(20(26)21(17)28)25(11-29)5-6-25/h2-4,8,12-14H,1,5-7,9-10H2,(H,30,31,32)/t13-,14-/m0/s1.